The molecular weight excluding hydrogens is 283 g/mol. The molecule has 0 spiro atoms. The van der Waals surface area contributed by atoms with E-state index in [4.69, 9.17) is 32.7 Å². The highest BCUT2D eigenvalue weighted by Gasteiger charge is 2.21. The van der Waals surface area contributed by atoms with E-state index in [-0.39, 0.29) is 10.8 Å². The highest BCUT2D eigenvalue weighted by atomic mass is 35.5. The van der Waals surface area contributed by atoms with Crippen molar-refractivity contribution >= 4 is 23.2 Å². The molecule has 0 bridgehead atoms. The lowest BCUT2D eigenvalue weighted by Gasteiger charge is -2.23. The summed E-state index contributed by atoms with van der Waals surface area (Å²) in [6.07, 6.45) is 1.94. The third-order valence-corrected chi connectivity index (χ3v) is 3.93. The Kier molecular flexibility index (Phi) is 4.52. The van der Waals surface area contributed by atoms with Crippen molar-refractivity contribution in [3.63, 3.8) is 0 Å². The number of benzene rings is 1. The van der Waals surface area contributed by atoms with E-state index in [1.807, 2.05) is 6.07 Å². The normalized spacial score (nSPS) is 16.3. The van der Waals surface area contributed by atoms with Gasteiger partial charge < -0.3 is 9.47 Å². The number of alkyl halides is 1. The van der Waals surface area contributed by atoms with Gasteiger partial charge in [-0.1, -0.05) is 32.4 Å². The molecule has 1 unspecified atom stereocenters. The van der Waals surface area contributed by atoms with Crippen molar-refractivity contribution in [1.29, 1.82) is 0 Å². The number of ether oxygens (including phenoxy) is 2. The molecule has 2 nitrogen and oxygen atoms in total. The van der Waals surface area contributed by atoms with E-state index >= 15 is 0 Å². The minimum atomic E-state index is -0.0949. The van der Waals surface area contributed by atoms with Crippen LogP contribution in [-0.2, 0) is 0 Å². The molecule has 0 aliphatic carbocycles. The number of hydrogen-bond donors (Lipinski definition) is 0. The van der Waals surface area contributed by atoms with E-state index in [1.165, 1.54) is 0 Å². The number of hydrogen-bond acceptors (Lipinski definition) is 2. The van der Waals surface area contributed by atoms with Gasteiger partial charge in [-0.25, -0.2) is 0 Å². The minimum absolute atomic E-state index is 0.0949. The Bertz CT molecular complexity index is 452. The van der Waals surface area contributed by atoms with Gasteiger partial charge in [0.05, 0.1) is 5.38 Å². The molecule has 0 aromatic heterocycles. The maximum Gasteiger partial charge on any atom is 0.162 e. The van der Waals surface area contributed by atoms with Crippen LogP contribution in [0.2, 0.25) is 5.02 Å². The van der Waals surface area contributed by atoms with E-state index in [0.717, 1.165) is 24.2 Å². The molecule has 4 heteroatoms. The summed E-state index contributed by atoms with van der Waals surface area (Å²) in [6, 6.07) is 3.72. The van der Waals surface area contributed by atoms with Crippen molar-refractivity contribution in [3.05, 3.63) is 22.7 Å². The average Bonchev–Trinajstić information content (AvgIpc) is 2.34. The summed E-state index contributed by atoms with van der Waals surface area (Å²) in [5, 5.41) is 0.556. The van der Waals surface area contributed by atoms with Crippen LogP contribution in [0, 0.1) is 5.41 Å². The van der Waals surface area contributed by atoms with Gasteiger partial charge in [-0.05, 0) is 29.9 Å². The summed E-state index contributed by atoms with van der Waals surface area (Å²) >= 11 is 12.8. The van der Waals surface area contributed by atoms with Crippen LogP contribution in [0.1, 0.15) is 44.6 Å². The lowest BCUT2D eigenvalue weighted by Crippen LogP contribution is -2.15. The topological polar surface area (TPSA) is 18.5 Å². The summed E-state index contributed by atoms with van der Waals surface area (Å²) in [5.74, 6) is 1.45. The van der Waals surface area contributed by atoms with Crippen LogP contribution in [0.3, 0.4) is 0 Å². The fourth-order valence-electron chi connectivity index (χ4n) is 2.03. The molecule has 106 valence electrons. The van der Waals surface area contributed by atoms with Crippen LogP contribution in [0.4, 0.5) is 0 Å². The second-order valence-corrected chi connectivity index (χ2v) is 7.02. The van der Waals surface area contributed by atoms with Gasteiger partial charge in [0.15, 0.2) is 11.5 Å². The molecule has 1 aromatic rings. The lowest BCUT2D eigenvalue weighted by atomic mass is 9.89. The minimum Gasteiger partial charge on any atom is -0.486 e. The predicted molar refractivity (Wildman–Crippen MR) is 79.7 cm³/mol. The Morgan fingerprint density at radius 2 is 1.74 bits per heavy atom. The van der Waals surface area contributed by atoms with Crippen molar-refractivity contribution in [3.8, 4) is 11.5 Å². The molecule has 0 saturated heterocycles. The highest BCUT2D eigenvalue weighted by Crippen LogP contribution is 2.41. The fourth-order valence-corrected chi connectivity index (χ4v) is 2.67. The molecule has 2 rings (SSSR count). The van der Waals surface area contributed by atoms with Gasteiger partial charge in [-0.2, -0.15) is 0 Å². The first-order valence-corrected chi connectivity index (χ1v) is 7.41. The summed E-state index contributed by atoms with van der Waals surface area (Å²) in [4.78, 5) is 0. The maximum absolute atomic E-state index is 6.48. The van der Waals surface area contributed by atoms with E-state index in [9.17, 15) is 0 Å². The average molecular weight is 303 g/mol. The molecule has 1 aromatic carbocycles. The van der Waals surface area contributed by atoms with Crippen molar-refractivity contribution < 1.29 is 9.47 Å². The first-order chi connectivity index (χ1) is 8.87. The van der Waals surface area contributed by atoms with Gasteiger partial charge in [-0.15, -0.1) is 11.6 Å². The molecule has 1 atom stereocenters. The number of fused-ring (bicyclic) bond motifs is 1. The van der Waals surface area contributed by atoms with Crippen molar-refractivity contribution in [2.24, 2.45) is 5.41 Å². The van der Waals surface area contributed by atoms with E-state index in [2.05, 4.69) is 20.8 Å². The molecule has 0 radical (unpaired) electrons. The van der Waals surface area contributed by atoms with Crippen molar-refractivity contribution in [1.82, 2.24) is 0 Å². The molecule has 0 N–H and O–H groups in total. The van der Waals surface area contributed by atoms with Gasteiger partial charge in [0.1, 0.15) is 13.2 Å². The largest absolute Gasteiger partial charge is 0.486 e. The van der Waals surface area contributed by atoms with E-state index < -0.39 is 0 Å². The zero-order valence-corrected chi connectivity index (χ0v) is 13.1. The van der Waals surface area contributed by atoms with Gasteiger partial charge in [0.2, 0.25) is 0 Å². The van der Waals surface area contributed by atoms with Gasteiger partial charge in [-0.3, -0.25) is 0 Å². The van der Waals surface area contributed by atoms with Gasteiger partial charge in [0, 0.05) is 11.1 Å². The van der Waals surface area contributed by atoms with Crippen LogP contribution in [0.5, 0.6) is 11.5 Å². The van der Waals surface area contributed by atoms with Crippen molar-refractivity contribution in [2.75, 3.05) is 13.2 Å². The number of rotatable bonds is 3. The molecular formula is C15H20Cl2O2. The first-order valence-electron chi connectivity index (χ1n) is 6.60. The molecule has 0 amide bonds. The van der Waals surface area contributed by atoms with Crippen LogP contribution in [0.25, 0.3) is 0 Å². The second kappa shape index (κ2) is 5.80. The Hall–Kier alpha value is -0.600. The quantitative estimate of drug-likeness (QED) is 0.713. The Morgan fingerprint density at radius 1 is 1.16 bits per heavy atom. The lowest BCUT2D eigenvalue weighted by molar-refractivity contribution is 0.171. The molecule has 19 heavy (non-hydrogen) atoms. The fraction of sp³-hybridized carbons (Fsp3) is 0.600. The van der Waals surface area contributed by atoms with Gasteiger partial charge in [0.25, 0.3) is 0 Å². The summed E-state index contributed by atoms with van der Waals surface area (Å²) in [5.41, 5.74) is 1.20. The zero-order valence-electron chi connectivity index (χ0n) is 11.6. The summed E-state index contributed by atoms with van der Waals surface area (Å²) in [7, 11) is 0. The zero-order chi connectivity index (χ0) is 14.0. The Balaban J connectivity index is 2.15. The highest BCUT2D eigenvalue weighted by molar-refractivity contribution is 6.33. The summed E-state index contributed by atoms with van der Waals surface area (Å²) in [6.45, 7) is 7.77. The standard InChI is InChI=1S/C15H20Cl2O2/c1-15(2,3)5-4-11(16)10-8-13-14(9-12(10)17)19-7-6-18-13/h8-9,11H,4-7H2,1-3H3. The summed E-state index contributed by atoms with van der Waals surface area (Å²) < 4.78 is 11.1. The van der Waals surface area contributed by atoms with Crippen LogP contribution < -0.4 is 9.47 Å². The number of halogens is 2. The SMILES string of the molecule is CC(C)(C)CCC(Cl)c1cc2c(cc1Cl)OCCO2. The molecule has 1 heterocycles. The van der Waals surface area contributed by atoms with E-state index in [0.29, 0.717) is 24.0 Å². The third-order valence-electron chi connectivity index (χ3n) is 3.15. The van der Waals surface area contributed by atoms with Crippen LogP contribution in [-0.4, -0.2) is 13.2 Å². The van der Waals surface area contributed by atoms with Gasteiger partial charge >= 0.3 is 0 Å². The van der Waals surface area contributed by atoms with Crippen molar-refractivity contribution in [2.45, 2.75) is 39.0 Å². The smallest absolute Gasteiger partial charge is 0.162 e. The molecule has 1 aliphatic rings. The second-order valence-electron chi connectivity index (χ2n) is 6.08. The molecule has 1 aliphatic heterocycles. The van der Waals surface area contributed by atoms with Crippen LogP contribution >= 0.6 is 23.2 Å². The van der Waals surface area contributed by atoms with Crippen LogP contribution in [0.15, 0.2) is 12.1 Å². The first kappa shape index (κ1) is 14.8. The third kappa shape index (κ3) is 3.93. The molecule has 0 saturated carbocycles. The Morgan fingerprint density at radius 3 is 2.32 bits per heavy atom. The predicted octanol–water partition coefficient (Wildman–Crippen LogP) is 5.22. The van der Waals surface area contributed by atoms with E-state index in [1.54, 1.807) is 6.07 Å². The molecule has 0 fully saturated rings. The maximum atomic E-state index is 6.48. The Labute approximate surface area is 125 Å². The monoisotopic (exact) mass is 302 g/mol.